The van der Waals surface area contributed by atoms with E-state index in [2.05, 4.69) is 4.72 Å². The van der Waals surface area contributed by atoms with Crippen LogP contribution in [0, 0.1) is 0 Å². The SMILES string of the molecule is CCCCC(NS(=O)(=O)c1ccc2ccccc2c1)C(=O)O. The Morgan fingerprint density at radius 2 is 1.86 bits per heavy atom. The van der Waals surface area contributed by atoms with Crippen molar-refractivity contribution in [3.63, 3.8) is 0 Å². The number of unbranched alkanes of at least 4 members (excludes halogenated alkanes) is 1. The van der Waals surface area contributed by atoms with Crippen molar-refractivity contribution in [2.75, 3.05) is 0 Å². The Bertz CT molecular complexity index is 771. The number of fused-ring (bicyclic) bond motifs is 1. The molecule has 0 saturated heterocycles. The Labute approximate surface area is 130 Å². The van der Waals surface area contributed by atoms with Crippen molar-refractivity contribution in [1.82, 2.24) is 4.72 Å². The summed E-state index contributed by atoms with van der Waals surface area (Å²) in [4.78, 5) is 11.3. The number of aliphatic carboxylic acids is 1. The van der Waals surface area contributed by atoms with Gasteiger partial charge in [-0.25, -0.2) is 8.42 Å². The molecule has 2 N–H and O–H groups in total. The van der Waals surface area contributed by atoms with Crippen molar-refractivity contribution in [1.29, 1.82) is 0 Å². The lowest BCUT2D eigenvalue weighted by atomic mass is 10.1. The van der Waals surface area contributed by atoms with Crippen LogP contribution in [-0.2, 0) is 14.8 Å². The number of sulfonamides is 1. The highest BCUT2D eigenvalue weighted by atomic mass is 32.2. The van der Waals surface area contributed by atoms with Gasteiger partial charge in [0, 0.05) is 0 Å². The Balaban J connectivity index is 2.28. The lowest BCUT2D eigenvalue weighted by molar-refractivity contribution is -0.139. The van der Waals surface area contributed by atoms with E-state index in [9.17, 15) is 13.2 Å². The third kappa shape index (κ3) is 3.84. The van der Waals surface area contributed by atoms with Gasteiger partial charge in [-0.15, -0.1) is 0 Å². The van der Waals surface area contributed by atoms with Crippen LogP contribution < -0.4 is 4.72 Å². The molecule has 1 unspecified atom stereocenters. The van der Waals surface area contributed by atoms with E-state index in [1.165, 1.54) is 6.07 Å². The molecule has 0 fully saturated rings. The van der Waals surface area contributed by atoms with Crippen LogP contribution in [0.25, 0.3) is 10.8 Å². The third-order valence-corrected chi connectivity index (χ3v) is 4.94. The van der Waals surface area contributed by atoms with Gasteiger partial charge in [-0.2, -0.15) is 4.72 Å². The predicted octanol–water partition coefficient (Wildman–Crippen LogP) is 2.76. The lowest BCUT2D eigenvalue weighted by Gasteiger charge is -2.14. The van der Waals surface area contributed by atoms with Gasteiger partial charge in [-0.3, -0.25) is 4.79 Å². The summed E-state index contributed by atoms with van der Waals surface area (Å²) in [5, 5.41) is 10.9. The molecule has 2 aromatic carbocycles. The first-order chi connectivity index (χ1) is 10.4. The van der Waals surface area contributed by atoms with E-state index in [4.69, 9.17) is 5.11 Å². The standard InChI is InChI=1S/C16H19NO4S/c1-2-3-8-15(16(18)19)17-22(20,21)14-10-9-12-6-4-5-7-13(12)11-14/h4-7,9-11,15,17H,2-3,8H2,1H3,(H,18,19). The van der Waals surface area contributed by atoms with Gasteiger partial charge in [-0.05, 0) is 29.3 Å². The van der Waals surface area contributed by atoms with Crippen LogP contribution in [0.4, 0.5) is 0 Å². The maximum Gasteiger partial charge on any atom is 0.321 e. The van der Waals surface area contributed by atoms with Gasteiger partial charge in [0.15, 0.2) is 0 Å². The molecule has 1 atom stereocenters. The van der Waals surface area contributed by atoms with E-state index in [-0.39, 0.29) is 11.3 Å². The predicted molar refractivity (Wildman–Crippen MR) is 85.2 cm³/mol. The molecule has 118 valence electrons. The van der Waals surface area contributed by atoms with E-state index in [0.29, 0.717) is 6.42 Å². The maximum atomic E-state index is 12.4. The average molecular weight is 321 g/mol. The molecule has 22 heavy (non-hydrogen) atoms. The summed E-state index contributed by atoms with van der Waals surface area (Å²) in [5.74, 6) is -1.15. The highest BCUT2D eigenvalue weighted by Crippen LogP contribution is 2.19. The Morgan fingerprint density at radius 1 is 1.18 bits per heavy atom. The number of carbonyl (C=O) groups is 1. The molecule has 0 heterocycles. The zero-order chi connectivity index (χ0) is 16.2. The number of hydrogen-bond donors (Lipinski definition) is 2. The third-order valence-electron chi connectivity index (χ3n) is 3.47. The number of rotatable bonds is 7. The van der Waals surface area contributed by atoms with Gasteiger partial charge in [0.05, 0.1) is 4.90 Å². The fourth-order valence-electron chi connectivity index (χ4n) is 2.23. The molecule has 0 bridgehead atoms. The lowest BCUT2D eigenvalue weighted by Crippen LogP contribution is -2.40. The highest BCUT2D eigenvalue weighted by molar-refractivity contribution is 7.89. The molecule has 2 rings (SSSR count). The van der Waals surface area contributed by atoms with Crippen molar-refractivity contribution >= 4 is 26.8 Å². The van der Waals surface area contributed by atoms with Crippen molar-refractivity contribution < 1.29 is 18.3 Å². The molecule has 0 aliphatic rings. The van der Waals surface area contributed by atoms with Crippen LogP contribution >= 0.6 is 0 Å². The second-order valence-electron chi connectivity index (χ2n) is 5.16. The van der Waals surface area contributed by atoms with Gasteiger partial charge in [-0.1, -0.05) is 50.1 Å². The molecular formula is C16H19NO4S. The number of hydrogen-bond acceptors (Lipinski definition) is 3. The molecule has 0 amide bonds. The smallest absolute Gasteiger partial charge is 0.321 e. The molecule has 0 aliphatic carbocycles. The second kappa shape index (κ2) is 6.89. The highest BCUT2D eigenvalue weighted by Gasteiger charge is 2.24. The van der Waals surface area contributed by atoms with Crippen LogP contribution in [0.5, 0.6) is 0 Å². The quantitative estimate of drug-likeness (QED) is 0.821. The fourth-order valence-corrected chi connectivity index (χ4v) is 3.49. The van der Waals surface area contributed by atoms with E-state index in [1.54, 1.807) is 12.1 Å². The Morgan fingerprint density at radius 3 is 2.50 bits per heavy atom. The van der Waals surface area contributed by atoms with Gasteiger partial charge >= 0.3 is 5.97 Å². The van der Waals surface area contributed by atoms with E-state index < -0.39 is 22.0 Å². The zero-order valence-corrected chi connectivity index (χ0v) is 13.1. The van der Waals surface area contributed by atoms with Gasteiger partial charge < -0.3 is 5.11 Å². The Hall–Kier alpha value is -1.92. The number of carboxylic acid groups (broad SMARTS) is 1. The summed E-state index contributed by atoms with van der Waals surface area (Å²) in [7, 11) is -3.86. The number of carboxylic acids is 1. The number of benzene rings is 2. The van der Waals surface area contributed by atoms with Crippen molar-refractivity contribution in [2.24, 2.45) is 0 Å². The first-order valence-electron chi connectivity index (χ1n) is 7.18. The summed E-state index contributed by atoms with van der Waals surface area (Å²) in [6.45, 7) is 1.93. The van der Waals surface area contributed by atoms with Crippen molar-refractivity contribution in [3.05, 3.63) is 42.5 Å². The van der Waals surface area contributed by atoms with Crippen LogP contribution in [-0.4, -0.2) is 25.5 Å². The molecule has 5 nitrogen and oxygen atoms in total. The first kappa shape index (κ1) is 16.5. The molecule has 6 heteroatoms. The number of nitrogens with one attached hydrogen (secondary N) is 1. The van der Waals surface area contributed by atoms with Crippen LogP contribution in [0.1, 0.15) is 26.2 Å². The summed E-state index contributed by atoms with van der Waals surface area (Å²) in [6, 6.07) is 11.1. The summed E-state index contributed by atoms with van der Waals surface area (Å²) in [5.41, 5.74) is 0. The molecule has 0 radical (unpaired) electrons. The monoisotopic (exact) mass is 321 g/mol. The molecule has 2 aromatic rings. The minimum atomic E-state index is -3.86. The van der Waals surface area contributed by atoms with Crippen molar-refractivity contribution in [2.45, 2.75) is 37.1 Å². The summed E-state index contributed by atoms with van der Waals surface area (Å²) in [6.07, 6.45) is 1.73. The van der Waals surface area contributed by atoms with Gasteiger partial charge in [0.25, 0.3) is 0 Å². The van der Waals surface area contributed by atoms with Crippen LogP contribution in [0.2, 0.25) is 0 Å². The summed E-state index contributed by atoms with van der Waals surface area (Å²) >= 11 is 0. The molecule has 0 aliphatic heterocycles. The van der Waals surface area contributed by atoms with Crippen LogP contribution in [0.15, 0.2) is 47.4 Å². The van der Waals surface area contributed by atoms with E-state index in [0.717, 1.165) is 17.2 Å². The minimum absolute atomic E-state index is 0.0777. The largest absolute Gasteiger partial charge is 0.480 e. The van der Waals surface area contributed by atoms with E-state index in [1.807, 2.05) is 31.2 Å². The molecule has 0 aromatic heterocycles. The minimum Gasteiger partial charge on any atom is -0.480 e. The van der Waals surface area contributed by atoms with Crippen molar-refractivity contribution in [3.8, 4) is 0 Å². The van der Waals surface area contributed by atoms with Crippen LogP contribution in [0.3, 0.4) is 0 Å². The normalized spacial score (nSPS) is 13.1. The topological polar surface area (TPSA) is 83.5 Å². The molecule has 0 saturated carbocycles. The Kier molecular flexibility index (Phi) is 5.15. The maximum absolute atomic E-state index is 12.4. The van der Waals surface area contributed by atoms with Gasteiger partial charge in [0.1, 0.15) is 6.04 Å². The average Bonchev–Trinajstić information content (AvgIpc) is 2.50. The summed E-state index contributed by atoms with van der Waals surface area (Å²) < 4.78 is 27.0. The molecule has 0 spiro atoms. The fraction of sp³-hybridized carbons (Fsp3) is 0.312. The second-order valence-corrected chi connectivity index (χ2v) is 6.88. The molecular weight excluding hydrogens is 302 g/mol. The first-order valence-corrected chi connectivity index (χ1v) is 8.66. The zero-order valence-electron chi connectivity index (χ0n) is 12.3. The van der Waals surface area contributed by atoms with Gasteiger partial charge in [0.2, 0.25) is 10.0 Å². The van der Waals surface area contributed by atoms with E-state index >= 15 is 0 Å².